The first kappa shape index (κ1) is 17.9. The molecule has 0 aromatic heterocycles. The maximum Gasteiger partial charge on any atom is 0.258 e. The van der Waals surface area contributed by atoms with E-state index in [4.69, 9.17) is 4.74 Å². The summed E-state index contributed by atoms with van der Waals surface area (Å²) in [6.07, 6.45) is 0.762. The van der Waals surface area contributed by atoms with E-state index in [2.05, 4.69) is 20.7 Å². The summed E-state index contributed by atoms with van der Waals surface area (Å²) in [5.74, 6) is -0.0482. The van der Waals surface area contributed by atoms with E-state index >= 15 is 0 Å². The molecule has 0 atom stereocenters. The van der Waals surface area contributed by atoms with Gasteiger partial charge in [0.25, 0.3) is 5.91 Å². The Morgan fingerprint density at radius 2 is 2.00 bits per heavy atom. The summed E-state index contributed by atoms with van der Waals surface area (Å²) < 4.78 is 32.7. The molecule has 1 N–H and O–H groups in total. The Morgan fingerprint density at radius 1 is 1.24 bits per heavy atom. The summed E-state index contributed by atoms with van der Waals surface area (Å²) in [6.45, 7) is 0.560. The number of nitrogens with zero attached hydrogens (tertiary/aromatic N) is 1. The molecular weight excluding hydrogens is 408 g/mol. The normalized spacial score (nSPS) is 13.6. The zero-order valence-corrected chi connectivity index (χ0v) is 16.1. The van der Waals surface area contributed by atoms with Crippen molar-refractivity contribution >= 4 is 37.5 Å². The van der Waals surface area contributed by atoms with Gasteiger partial charge in [0.2, 0.25) is 10.0 Å². The van der Waals surface area contributed by atoms with Crippen LogP contribution in [0.2, 0.25) is 0 Å². The Balaban J connectivity index is 2.01. The molecule has 0 radical (unpaired) electrons. The van der Waals surface area contributed by atoms with Crippen LogP contribution in [0, 0.1) is 0 Å². The van der Waals surface area contributed by atoms with Crippen LogP contribution in [-0.4, -0.2) is 35.0 Å². The zero-order chi connectivity index (χ0) is 18.2. The van der Waals surface area contributed by atoms with Gasteiger partial charge in [-0.3, -0.25) is 4.79 Å². The number of sulfonamides is 1. The third kappa shape index (κ3) is 3.29. The molecule has 2 aromatic rings. The minimum absolute atomic E-state index is 0.0569. The Bertz CT molecular complexity index is 944. The molecule has 0 saturated heterocycles. The molecule has 0 saturated carbocycles. The molecule has 132 valence electrons. The maximum atomic E-state index is 12.9. The summed E-state index contributed by atoms with van der Waals surface area (Å²) >= 11 is 3.43. The van der Waals surface area contributed by atoms with Crippen molar-refractivity contribution in [3.05, 3.63) is 52.0 Å². The molecule has 0 aliphatic carbocycles. The molecule has 1 amide bonds. The van der Waals surface area contributed by atoms with Gasteiger partial charge in [-0.2, -0.15) is 0 Å². The van der Waals surface area contributed by atoms with Gasteiger partial charge in [0.1, 0.15) is 10.6 Å². The van der Waals surface area contributed by atoms with Crippen molar-refractivity contribution in [2.24, 2.45) is 0 Å². The second kappa shape index (κ2) is 6.78. The maximum absolute atomic E-state index is 12.9. The fraction of sp³-hybridized carbons (Fsp3) is 0.235. The van der Waals surface area contributed by atoms with Crippen LogP contribution in [-0.2, 0) is 16.4 Å². The molecular formula is C17H17BrN2O4S. The predicted octanol–water partition coefficient (Wildman–Crippen LogP) is 2.57. The highest BCUT2D eigenvalue weighted by Crippen LogP contribution is 2.32. The van der Waals surface area contributed by atoms with Crippen LogP contribution in [0.1, 0.15) is 15.9 Å². The fourth-order valence-electron chi connectivity index (χ4n) is 2.87. The topological polar surface area (TPSA) is 75.7 Å². The fourth-order valence-corrected chi connectivity index (χ4v) is 4.19. The molecule has 25 heavy (non-hydrogen) atoms. The Morgan fingerprint density at radius 3 is 2.68 bits per heavy atom. The highest BCUT2D eigenvalue weighted by atomic mass is 79.9. The average molecular weight is 425 g/mol. The lowest BCUT2D eigenvalue weighted by Gasteiger charge is -2.18. The van der Waals surface area contributed by atoms with Gasteiger partial charge in [0, 0.05) is 22.3 Å². The van der Waals surface area contributed by atoms with Crippen molar-refractivity contribution in [1.29, 1.82) is 0 Å². The molecule has 1 aliphatic rings. The summed E-state index contributed by atoms with van der Waals surface area (Å²) in [7, 11) is -1.03. The highest BCUT2D eigenvalue weighted by Gasteiger charge is 2.27. The van der Waals surface area contributed by atoms with Crippen molar-refractivity contribution in [3.8, 4) is 5.75 Å². The first-order valence-electron chi connectivity index (χ1n) is 7.59. The summed E-state index contributed by atoms with van der Waals surface area (Å²) in [5, 5.41) is 0. The van der Waals surface area contributed by atoms with Crippen molar-refractivity contribution in [2.75, 3.05) is 25.6 Å². The van der Waals surface area contributed by atoms with Crippen molar-refractivity contribution in [3.63, 3.8) is 0 Å². The number of anilines is 1. The number of carbonyl (C=O) groups excluding carboxylic acids is 1. The van der Waals surface area contributed by atoms with E-state index in [1.807, 2.05) is 18.2 Å². The van der Waals surface area contributed by atoms with Gasteiger partial charge in [-0.1, -0.05) is 15.9 Å². The largest absolute Gasteiger partial charge is 0.495 e. The number of nitrogens with one attached hydrogen (secondary N) is 1. The molecule has 2 aromatic carbocycles. The highest BCUT2D eigenvalue weighted by molar-refractivity contribution is 9.10. The predicted molar refractivity (Wildman–Crippen MR) is 98.8 cm³/mol. The van der Waals surface area contributed by atoms with E-state index in [1.54, 1.807) is 11.0 Å². The molecule has 0 spiro atoms. The standard InChI is InChI=1S/C17H17BrN2O4S/c1-19-25(22,23)16-10-12(3-6-15(16)24-2)17(21)20-8-7-11-9-13(18)4-5-14(11)20/h3-6,9-10,19H,7-8H2,1-2H3. The van der Waals surface area contributed by atoms with E-state index in [1.165, 1.54) is 26.3 Å². The number of benzene rings is 2. The van der Waals surface area contributed by atoms with Crippen LogP contribution in [0.4, 0.5) is 5.69 Å². The number of hydrogen-bond donors (Lipinski definition) is 1. The minimum atomic E-state index is -3.74. The number of halogens is 1. The number of rotatable bonds is 4. The third-order valence-electron chi connectivity index (χ3n) is 4.15. The Kier molecular flexibility index (Phi) is 4.86. The summed E-state index contributed by atoms with van der Waals surface area (Å²) in [4.78, 5) is 14.5. The Labute approximate surface area is 155 Å². The van der Waals surface area contributed by atoms with E-state index in [9.17, 15) is 13.2 Å². The van der Waals surface area contributed by atoms with Crippen LogP contribution < -0.4 is 14.4 Å². The molecule has 0 bridgehead atoms. The monoisotopic (exact) mass is 424 g/mol. The number of carbonyl (C=O) groups is 1. The number of ether oxygens (including phenoxy) is 1. The van der Waals surface area contributed by atoms with Crippen LogP contribution in [0.25, 0.3) is 0 Å². The third-order valence-corrected chi connectivity index (χ3v) is 6.08. The van der Waals surface area contributed by atoms with Gasteiger partial charge in [0.05, 0.1) is 7.11 Å². The quantitative estimate of drug-likeness (QED) is 0.817. The SMILES string of the molecule is CNS(=O)(=O)c1cc(C(=O)N2CCc3cc(Br)ccc32)ccc1OC. The van der Waals surface area contributed by atoms with Crippen LogP contribution in [0.5, 0.6) is 5.75 Å². The molecule has 0 fully saturated rings. The minimum Gasteiger partial charge on any atom is -0.495 e. The lowest BCUT2D eigenvalue weighted by atomic mass is 10.1. The molecule has 8 heteroatoms. The van der Waals surface area contributed by atoms with Gasteiger partial charge in [-0.05, 0) is 55.4 Å². The smallest absolute Gasteiger partial charge is 0.258 e. The van der Waals surface area contributed by atoms with Crippen molar-refractivity contribution in [2.45, 2.75) is 11.3 Å². The number of fused-ring (bicyclic) bond motifs is 1. The van der Waals surface area contributed by atoms with E-state index in [0.29, 0.717) is 12.1 Å². The van der Waals surface area contributed by atoms with Crippen LogP contribution in [0.15, 0.2) is 45.8 Å². The van der Waals surface area contributed by atoms with Crippen molar-refractivity contribution in [1.82, 2.24) is 4.72 Å². The van der Waals surface area contributed by atoms with Crippen molar-refractivity contribution < 1.29 is 17.9 Å². The number of methoxy groups -OCH3 is 1. The van der Waals surface area contributed by atoms with Gasteiger partial charge in [-0.15, -0.1) is 0 Å². The molecule has 1 heterocycles. The first-order valence-corrected chi connectivity index (χ1v) is 9.87. The average Bonchev–Trinajstić information content (AvgIpc) is 3.03. The van der Waals surface area contributed by atoms with Gasteiger partial charge in [-0.25, -0.2) is 13.1 Å². The lowest BCUT2D eigenvalue weighted by molar-refractivity contribution is 0.0989. The Hall–Kier alpha value is -1.90. The summed E-state index contributed by atoms with van der Waals surface area (Å²) in [6, 6.07) is 10.2. The van der Waals surface area contributed by atoms with Crippen LogP contribution >= 0.6 is 15.9 Å². The van der Waals surface area contributed by atoms with Gasteiger partial charge >= 0.3 is 0 Å². The summed E-state index contributed by atoms with van der Waals surface area (Å²) in [5.41, 5.74) is 2.23. The zero-order valence-electron chi connectivity index (χ0n) is 13.7. The lowest BCUT2D eigenvalue weighted by Crippen LogP contribution is -2.29. The number of hydrogen-bond acceptors (Lipinski definition) is 4. The molecule has 0 unspecified atom stereocenters. The second-order valence-electron chi connectivity index (χ2n) is 5.55. The number of amides is 1. The molecule has 1 aliphatic heterocycles. The van der Waals surface area contributed by atoms with E-state index in [0.717, 1.165) is 22.1 Å². The first-order chi connectivity index (χ1) is 11.9. The molecule has 6 nitrogen and oxygen atoms in total. The van der Waals surface area contributed by atoms with Crippen LogP contribution in [0.3, 0.4) is 0 Å². The van der Waals surface area contributed by atoms with E-state index in [-0.39, 0.29) is 16.6 Å². The van der Waals surface area contributed by atoms with Gasteiger partial charge in [0.15, 0.2) is 0 Å². The second-order valence-corrected chi connectivity index (χ2v) is 8.32. The van der Waals surface area contributed by atoms with E-state index < -0.39 is 10.0 Å². The molecule has 3 rings (SSSR count). The van der Waals surface area contributed by atoms with Gasteiger partial charge < -0.3 is 9.64 Å².